The first kappa shape index (κ1) is 14.2. The van der Waals surface area contributed by atoms with Gasteiger partial charge in [0.2, 0.25) is 0 Å². The van der Waals surface area contributed by atoms with E-state index in [1.165, 1.54) is 0 Å². The van der Waals surface area contributed by atoms with Gasteiger partial charge in [-0.05, 0) is 18.4 Å². The van der Waals surface area contributed by atoms with Crippen LogP contribution in [0.4, 0.5) is 0 Å². The molecule has 0 bridgehead atoms. The van der Waals surface area contributed by atoms with Crippen LogP contribution < -0.4 is 5.32 Å². The molecule has 0 radical (unpaired) electrons. The van der Waals surface area contributed by atoms with Crippen molar-refractivity contribution in [1.82, 2.24) is 5.32 Å². The van der Waals surface area contributed by atoms with Crippen molar-refractivity contribution >= 4 is 11.9 Å². The van der Waals surface area contributed by atoms with Crippen LogP contribution in [0.5, 0.6) is 0 Å². The van der Waals surface area contributed by atoms with E-state index in [2.05, 4.69) is 5.32 Å². The first-order valence-corrected chi connectivity index (χ1v) is 5.81. The molecule has 0 unspecified atom stereocenters. The summed E-state index contributed by atoms with van der Waals surface area (Å²) < 4.78 is 0. The van der Waals surface area contributed by atoms with Crippen molar-refractivity contribution in [1.29, 1.82) is 0 Å². The highest BCUT2D eigenvalue weighted by Crippen LogP contribution is 2.05. The second kappa shape index (κ2) is 7.45. The van der Waals surface area contributed by atoms with Gasteiger partial charge in [0.1, 0.15) is 6.04 Å². The van der Waals surface area contributed by atoms with Crippen molar-refractivity contribution in [3.05, 3.63) is 35.9 Å². The number of carbonyl (C=O) groups is 2. The Morgan fingerprint density at radius 1 is 1.17 bits per heavy atom. The lowest BCUT2D eigenvalue weighted by atomic mass is 10.1. The molecule has 1 aromatic carbocycles. The van der Waals surface area contributed by atoms with Gasteiger partial charge in [0, 0.05) is 6.54 Å². The minimum Gasteiger partial charge on any atom is -0.481 e. The second-order valence-corrected chi connectivity index (χ2v) is 4.01. The molecule has 0 amide bonds. The zero-order valence-electron chi connectivity index (χ0n) is 10.0. The van der Waals surface area contributed by atoms with E-state index in [1.54, 1.807) is 0 Å². The van der Waals surface area contributed by atoms with E-state index >= 15 is 0 Å². The number of hydrogen-bond donors (Lipinski definition) is 3. The molecule has 1 rings (SSSR count). The summed E-state index contributed by atoms with van der Waals surface area (Å²) in [6, 6.07) is 8.89. The molecule has 0 aliphatic rings. The zero-order valence-corrected chi connectivity index (χ0v) is 10.0. The predicted octanol–water partition coefficient (Wildman–Crippen LogP) is 1.14. The molecule has 0 spiro atoms. The van der Waals surface area contributed by atoms with Crippen LogP contribution >= 0.6 is 0 Å². The summed E-state index contributed by atoms with van der Waals surface area (Å²) in [6.45, 7) is 0.168. The van der Waals surface area contributed by atoms with Gasteiger partial charge in [-0.25, -0.2) is 0 Å². The predicted molar refractivity (Wildman–Crippen MR) is 66.4 cm³/mol. The fraction of sp³-hybridized carbons (Fsp3) is 0.385. The Balaban J connectivity index is 2.38. The summed E-state index contributed by atoms with van der Waals surface area (Å²) in [5, 5.41) is 20.2. The van der Waals surface area contributed by atoms with Crippen LogP contribution in [0, 0.1) is 0 Å². The molecule has 0 saturated heterocycles. The van der Waals surface area contributed by atoms with Gasteiger partial charge in [0.05, 0.1) is 6.42 Å². The first-order chi connectivity index (χ1) is 8.59. The minimum absolute atomic E-state index is 0.0743. The molecule has 5 heteroatoms. The Labute approximate surface area is 105 Å². The SMILES string of the molecule is O=C(O)CCN[C@H](CCc1ccccc1)C(=O)O. The Morgan fingerprint density at radius 2 is 1.83 bits per heavy atom. The fourth-order valence-corrected chi connectivity index (χ4v) is 1.62. The van der Waals surface area contributed by atoms with Crippen molar-refractivity contribution in [2.75, 3.05) is 6.54 Å². The number of hydrogen-bond acceptors (Lipinski definition) is 3. The molecular formula is C13H17NO4. The molecule has 18 heavy (non-hydrogen) atoms. The lowest BCUT2D eigenvalue weighted by Crippen LogP contribution is -2.38. The molecule has 3 N–H and O–H groups in total. The van der Waals surface area contributed by atoms with Gasteiger partial charge >= 0.3 is 11.9 Å². The largest absolute Gasteiger partial charge is 0.481 e. The Hall–Kier alpha value is -1.88. The maximum atomic E-state index is 11.0. The first-order valence-electron chi connectivity index (χ1n) is 5.81. The van der Waals surface area contributed by atoms with Crippen molar-refractivity contribution in [2.45, 2.75) is 25.3 Å². The number of carboxylic acids is 2. The topological polar surface area (TPSA) is 86.6 Å². The van der Waals surface area contributed by atoms with Crippen LogP contribution in [0.2, 0.25) is 0 Å². The van der Waals surface area contributed by atoms with Crippen LogP contribution in [-0.2, 0) is 16.0 Å². The number of aryl methyl sites for hydroxylation is 1. The van der Waals surface area contributed by atoms with Crippen molar-refractivity contribution < 1.29 is 19.8 Å². The third-order valence-electron chi connectivity index (χ3n) is 2.59. The maximum Gasteiger partial charge on any atom is 0.320 e. The van der Waals surface area contributed by atoms with Crippen LogP contribution in [-0.4, -0.2) is 34.7 Å². The van der Waals surface area contributed by atoms with Gasteiger partial charge in [-0.2, -0.15) is 0 Å². The summed E-state index contributed by atoms with van der Waals surface area (Å²) in [6.07, 6.45) is 1.02. The summed E-state index contributed by atoms with van der Waals surface area (Å²) in [7, 11) is 0. The smallest absolute Gasteiger partial charge is 0.320 e. The highest BCUT2D eigenvalue weighted by Gasteiger charge is 2.16. The Morgan fingerprint density at radius 3 is 2.39 bits per heavy atom. The van der Waals surface area contributed by atoms with Gasteiger partial charge in [0.25, 0.3) is 0 Å². The average molecular weight is 251 g/mol. The van der Waals surface area contributed by atoms with E-state index in [9.17, 15) is 9.59 Å². The van der Waals surface area contributed by atoms with E-state index in [0.29, 0.717) is 12.8 Å². The molecule has 0 aromatic heterocycles. The third kappa shape index (κ3) is 5.45. The van der Waals surface area contributed by atoms with Gasteiger partial charge in [-0.3, -0.25) is 9.59 Å². The molecule has 0 heterocycles. The fourth-order valence-electron chi connectivity index (χ4n) is 1.62. The zero-order chi connectivity index (χ0) is 13.4. The number of rotatable bonds is 8. The second-order valence-electron chi connectivity index (χ2n) is 4.01. The summed E-state index contributed by atoms with van der Waals surface area (Å²) in [5.41, 5.74) is 1.07. The monoisotopic (exact) mass is 251 g/mol. The van der Waals surface area contributed by atoms with Gasteiger partial charge in [-0.15, -0.1) is 0 Å². The molecule has 0 fully saturated rings. The number of benzene rings is 1. The van der Waals surface area contributed by atoms with Crippen LogP contribution in [0.25, 0.3) is 0 Å². The quantitative estimate of drug-likeness (QED) is 0.645. The lowest BCUT2D eigenvalue weighted by Gasteiger charge is -2.13. The van der Waals surface area contributed by atoms with E-state index in [1.807, 2.05) is 30.3 Å². The molecule has 98 valence electrons. The Bertz CT molecular complexity index is 391. The molecule has 1 aromatic rings. The molecule has 5 nitrogen and oxygen atoms in total. The standard InChI is InChI=1S/C13H17NO4/c15-12(16)8-9-14-11(13(17)18)7-6-10-4-2-1-3-5-10/h1-5,11,14H,6-9H2,(H,15,16)(H,17,18)/t11-/m1/s1. The number of carboxylic acid groups (broad SMARTS) is 2. The highest BCUT2D eigenvalue weighted by molar-refractivity contribution is 5.73. The highest BCUT2D eigenvalue weighted by atomic mass is 16.4. The molecule has 0 aliphatic heterocycles. The van der Waals surface area contributed by atoms with E-state index < -0.39 is 18.0 Å². The van der Waals surface area contributed by atoms with Crippen LogP contribution in [0.15, 0.2) is 30.3 Å². The summed E-state index contributed by atoms with van der Waals surface area (Å²) >= 11 is 0. The molecule has 0 saturated carbocycles. The maximum absolute atomic E-state index is 11.0. The van der Waals surface area contributed by atoms with Gasteiger partial charge in [0.15, 0.2) is 0 Å². The number of nitrogens with one attached hydrogen (secondary N) is 1. The Kier molecular flexibility index (Phi) is 5.87. The normalized spacial score (nSPS) is 12.0. The number of aliphatic carboxylic acids is 2. The molecule has 1 atom stereocenters. The van der Waals surface area contributed by atoms with E-state index in [-0.39, 0.29) is 13.0 Å². The third-order valence-corrected chi connectivity index (χ3v) is 2.59. The van der Waals surface area contributed by atoms with E-state index in [0.717, 1.165) is 5.56 Å². The van der Waals surface area contributed by atoms with Gasteiger partial charge in [-0.1, -0.05) is 30.3 Å². The van der Waals surface area contributed by atoms with Crippen molar-refractivity contribution in [3.63, 3.8) is 0 Å². The molecular weight excluding hydrogens is 234 g/mol. The summed E-state index contributed by atoms with van der Waals surface area (Å²) in [4.78, 5) is 21.3. The minimum atomic E-state index is -0.948. The van der Waals surface area contributed by atoms with E-state index in [4.69, 9.17) is 10.2 Å². The van der Waals surface area contributed by atoms with Crippen molar-refractivity contribution in [3.8, 4) is 0 Å². The molecule has 0 aliphatic carbocycles. The summed E-state index contributed by atoms with van der Waals surface area (Å²) in [5.74, 6) is -1.88. The lowest BCUT2D eigenvalue weighted by molar-refractivity contribution is -0.141. The average Bonchev–Trinajstić information content (AvgIpc) is 2.34. The van der Waals surface area contributed by atoms with Crippen molar-refractivity contribution in [2.24, 2.45) is 0 Å². The van der Waals surface area contributed by atoms with Crippen LogP contribution in [0.3, 0.4) is 0 Å². The van der Waals surface area contributed by atoms with Crippen LogP contribution in [0.1, 0.15) is 18.4 Å². The van der Waals surface area contributed by atoms with Gasteiger partial charge < -0.3 is 15.5 Å².